The summed E-state index contributed by atoms with van der Waals surface area (Å²) in [4.78, 5) is 13.5. The highest BCUT2D eigenvalue weighted by molar-refractivity contribution is 5.93. The number of pyridine rings is 1. The van der Waals surface area contributed by atoms with Gasteiger partial charge in [-0.05, 0) is 35.4 Å². The fraction of sp³-hybridized carbons (Fsp3) is 0.0500. The van der Waals surface area contributed by atoms with E-state index in [-0.39, 0.29) is 0 Å². The van der Waals surface area contributed by atoms with Crippen LogP contribution < -0.4 is 5.32 Å². The van der Waals surface area contributed by atoms with Gasteiger partial charge in [0.2, 0.25) is 0 Å². The minimum atomic E-state index is 0.674. The summed E-state index contributed by atoms with van der Waals surface area (Å²) < 4.78 is 0. The Bertz CT molecular complexity index is 982. The molecule has 24 heavy (non-hydrogen) atoms. The molecule has 4 heteroatoms. The summed E-state index contributed by atoms with van der Waals surface area (Å²) in [5, 5.41) is 4.19. The highest BCUT2D eigenvalue weighted by Crippen LogP contribution is 2.29. The summed E-state index contributed by atoms with van der Waals surface area (Å²) in [6.07, 6.45) is 3.52. The van der Waals surface area contributed by atoms with E-state index in [4.69, 9.17) is 4.98 Å². The Kier molecular flexibility index (Phi) is 3.63. The fourth-order valence-electron chi connectivity index (χ4n) is 2.75. The first-order valence-electron chi connectivity index (χ1n) is 7.80. The first kappa shape index (κ1) is 14.3. The van der Waals surface area contributed by atoms with Gasteiger partial charge in [0.1, 0.15) is 5.82 Å². The number of anilines is 1. The second-order valence-corrected chi connectivity index (χ2v) is 5.49. The third kappa shape index (κ3) is 2.58. The molecular weight excluding hydrogens is 296 g/mol. The topological polar surface area (TPSA) is 50.7 Å². The van der Waals surface area contributed by atoms with Crippen molar-refractivity contribution in [1.82, 2.24) is 15.0 Å². The summed E-state index contributed by atoms with van der Waals surface area (Å²) in [5.74, 6) is 1.49. The van der Waals surface area contributed by atoms with Crippen LogP contribution in [-0.4, -0.2) is 22.0 Å². The van der Waals surface area contributed by atoms with Crippen LogP contribution in [0.1, 0.15) is 0 Å². The zero-order valence-electron chi connectivity index (χ0n) is 13.3. The Morgan fingerprint density at radius 2 is 1.62 bits per heavy atom. The van der Waals surface area contributed by atoms with Crippen molar-refractivity contribution in [2.75, 3.05) is 12.4 Å². The van der Waals surface area contributed by atoms with Gasteiger partial charge in [-0.3, -0.25) is 4.98 Å². The van der Waals surface area contributed by atoms with Crippen molar-refractivity contribution >= 4 is 16.7 Å². The number of aromatic nitrogens is 3. The predicted octanol–water partition coefficient (Wildman–Crippen LogP) is 4.40. The SMILES string of the molecule is CNc1nc(-c2cccnc2)nc2ccc(-c3ccccc3)cc12. The van der Waals surface area contributed by atoms with Crippen LogP contribution >= 0.6 is 0 Å². The third-order valence-corrected chi connectivity index (χ3v) is 3.96. The third-order valence-electron chi connectivity index (χ3n) is 3.96. The Morgan fingerprint density at radius 3 is 2.38 bits per heavy atom. The van der Waals surface area contributed by atoms with E-state index >= 15 is 0 Å². The molecule has 0 radical (unpaired) electrons. The van der Waals surface area contributed by atoms with Gasteiger partial charge in [0.05, 0.1) is 5.52 Å². The number of nitrogens with zero attached hydrogens (tertiary/aromatic N) is 3. The maximum absolute atomic E-state index is 4.70. The van der Waals surface area contributed by atoms with E-state index in [0.29, 0.717) is 5.82 Å². The molecule has 2 heterocycles. The van der Waals surface area contributed by atoms with Crippen molar-refractivity contribution < 1.29 is 0 Å². The molecule has 2 aromatic carbocycles. The van der Waals surface area contributed by atoms with E-state index in [0.717, 1.165) is 27.8 Å². The molecule has 0 spiro atoms. The molecule has 0 saturated heterocycles. The van der Waals surface area contributed by atoms with Crippen LogP contribution in [0, 0.1) is 0 Å². The average molecular weight is 312 g/mol. The molecular formula is C20H16N4. The fourth-order valence-corrected chi connectivity index (χ4v) is 2.75. The summed E-state index contributed by atoms with van der Waals surface area (Å²) in [6, 6.07) is 20.4. The van der Waals surface area contributed by atoms with E-state index in [1.807, 2.05) is 43.4 Å². The largest absolute Gasteiger partial charge is 0.373 e. The van der Waals surface area contributed by atoms with Gasteiger partial charge in [-0.1, -0.05) is 36.4 Å². The minimum absolute atomic E-state index is 0.674. The Morgan fingerprint density at radius 1 is 0.792 bits per heavy atom. The Hall–Kier alpha value is -3.27. The average Bonchev–Trinajstić information content (AvgIpc) is 2.68. The molecule has 0 aliphatic rings. The first-order valence-corrected chi connectivity index (χ1v) is 7.80. The van der Waals surface area contributed by atoms with Crippen LogP contribution in [0.2, 0.25) is 0 Å². The van der Waals surface area contributed by atoms with Crippen molar-refractivity contribution in [3.63, 3.8) is 0 Å². The molecule has 0 bridgehead atoms. The molecule has 0 aliphatic heterocycles. The van der Waals surface area contributed by atoms with E-state index in [2.05, 4.69) is 39.6 Å². The van der Waals surface area contributed by atoms with Gasteiger partial charge in [-0.2, -0.15) is 0 Å². The van der Waals surface area contributed by atoms with Crippen LogP contribution in [0.5, 0.6) is 0 Å². The smallest absolute Gasteiger partial charge is 0.163 e. The van der Waals surface area contributed by atoms with Crippen molar-refractivity contribution in [3.8, 4) is 22.5 Å². The molecule has 0 saturated carbocycles. The summed E-state index contributed by atoms with van der Waals surface area (Å²) in [5.41, 5.74) is 4.14. The number of hydrogen-bond acceptors (Lipinski definition) is 4. The first-order chi connectivity index (χ1) is 11.8. The number of rotatable bonds is 3. The highest BCUT2D eigenvalue weighted by Gasteiger charge is 2.10. The van der Waals surface area contributed by atoms with Gasteiger partial charge in [0.15, 0.2) is 5.82 Å². The number of hydrogen-bond donors (Lipinski definition) is 1. The maximum atomic E-state index is 4.70. The van der Waals surface area contributed by atoms with E-state index in [9.17, 15) is 0 Å². The van der Waals surface area contributed by atoms with E-state index in [1.165, 1.54) is 5.56 Å². The molecule has 2 aromatic heterocycles. The number of benzene rings is 2. The summed E-state index contributed by atoms with van der Waals surface area (Å²) in [6.45, 7) is 0. The zero-order chi connectivity index (χ0) is 16.4. The van der Waals surface area contributed by atoms with Gasteiger partial charge in [0, 0.05) is 30.4 Å². The lowest BCUT2D eigenvalue weighted by atomic mass is 10.0. The van der Waals surface area contributed by atoms with Crippen molar-refractivity contribution in [2.45, 2.75) is 0 Å². The minimum Gasteiger partial charge on any atom is -0.373 e. The second-order valence-electron chi connectivity index (χ2n) is 5.49. The van der Waals surface area contributed by atoms with Crippen LogP contribution in [0.4, 0.5) is 5.82 Å². The summed E-state index contributed by atoms with van der Waals surface area (Å²) >= 11 is 0. The molecule has 0 unspecified atom stereocenters. The number of fused-ring (bicyclic) bond motifs is 1. The van der Waals surface area contributed by atoms with Crippen LogP contribution in [0.25, 0.3) is 33.4 Å². The second kappa shape index (κ2) is 6.08. The van der Waals surface area contributed by atoms with E-state index in [1.54, 1.807) is 12.4 Å². The van der Waals surface area contributed by atoms with E-state index < -0.39 is 0 Å². The monoisotopic (exact) mass is 312 g/mol. The van der Waals surface area contributed by atoms with Crippen molar-refractivity contribution in [1.29, 1.82) is 0 Å². The van der Waals surface area contributed by atoms with Gasteiger partial charge in [-0.25, -0.2) is 9.97 Å². The van der Waals surface area contributed by atoms with Crippen LogP contribution in [0.15, 0.2) is 73.1 Å². The van der Waals surface area contributed by atoms with Gasteiger partial charge >= 0.3 is 0 Å². The lowest BCUT2D eigenvalue weighted by Crippen LogP contribution is -1.99. The highest BCUT2D eigenvalue weighted by atomic mass is 15.0. The molecule has 4 nitrogen and oxygen atoms in total. The van der Waals surface area contributed by atoms with Gasteiger partial charge < -0.3 is 5.32 Å². The molecule has 0 atom stereocenters. The molecule has 116 valence electrons. The van der Waals surface area contributed by atoms with Crippen molar-refractivity contribution in [3.05, 3.63) is 73.1 Å². The molecule has 4 aromatic rings. The molecule has 0 fully saturated rings. The predicted molar refractivity (Wildman–Crippen MR) is 97.8 cm³/mol. The van der Waals surface area contributed by atoms with Crippen molar-refractivity contribution in [2.24, 2.45) is 0 Å². The lowest BCUT2D eigenvalue weighted by molar-refractivity contribution is 1.20. The lowest BCUT2D eigenvalue weighted by Gasteiger charge is -2.10. The molecule has 4 rings (SSSR count). The van der Waals surface area contributed by atoms with Crippen LogP contribution in [0.3, 0.4) is 0 Å². The Balaban J connectivity index is 1.89. The van der Waals surface area contributed by atoms with Crippen LogP contribution in [-0.2, 0) is 0 Å². The molecule has 0 amide bonds. The zero-order valence-corrected chi connectivity index (χ0v) is 13.3. The molecule has 0 aliphatic carbocycles. The number of nitrogens with one attached hydrogen (secondary N) is 1. The molecule has 1 N–H and O–H groups in total. The van der Waals surface area contributed by atoms with Gasteiger partial charge in [0.25, 0.3) is 0 Å². The van der Waals surface area contributed by atoms with Gasteiger partial charge in [-0.15, -0.1) is 0 Å². The standard InChI is InChI=1S/C20H16N4/c1-21-20-17-12-15(14-6-3-2-4-7-14)9-10-18(17)23-19(24-20)16-8-5-11-22-13-16/h2-13H,1H3,(H,21,23,24). The normalized spacial score (nSPS) is 10.7. The summed E-state index contributed by atoms with van der Waals surface area (Å²) in [7, 11) is 1.88. The Labute approximate surface area is 140 Å². The quantitative estimate of drug-likeness (QED) is 0.609. The maximum Gasteiger partial charge on any atom is 0.163 e.